The van der Waals surface area contributed by atoms with Crippen molar-refractivity contribution in [3.05, 3.63) is 0 Å². The molecule has 1 amide bonds. The van der Waals surface area contributed by atoms with Gasteiger partial charge in [0.05, 0.1) is 18.3 Å². The van der Waals surface area contributed by atoms with Crippen LogP contribution in [0.5, 0.6) is 0 Å². The monoisotopic (exact) mass is 496 g/mol. The van der Waals surface area contributed by atoms with Crippen LogP contribution in [0.1, 0.15) is 124 Å². The third-order valence-corrected chi connectivity index (χ3v) is 7.40. The molecule has 204 valence electrons. The molecule has 0 spiro atoms. The fraction of sp³-hybridized carbons (Fsp3) is 0.929. The van der Waals surface area contributed by atoms with E-state index in [0.29, 0.717) is 12.5 Å². The van der Waals surface area contributed by atoms with Crippen LogP contribution in [0.2, 0.25) is 0 Å². The van der Waals surface area contributed by atoms with Gasteiger partial charge in [0.25, 0.3) is 0 Å². The van der Waals surface area contributed by atoms with Crippen LogP contribution in [-0.2, 0) is 14.3 Å². The molecule has 0 radical (unpaired) electrons. The number of carbonyl (C=O) groups is 2. The molecule has 3 fully saturated rings. The molecular formula is C28H52N2O5. The fourth-order valence-corrected chi connectivity index (χ4v) is 5.59. The molecule has 0 aliphatic heterocycles. The Morgan fingerprint density at radius 2 is 1.29 bits per heavy atom. The zero-order valence-corrected chi connectivity index (χ0v) is 22.8. The van der Waals surface area contributed by atoms with E-state index in [0.717, 1.165) is 24.9 Å². The molecule has 0 heterocycles. The van der Waals surface area contributed by atoms with Gasteiger partial charge in [-0.05, 0) is 72.1 Å². The number of hydrogen-bond acceptors (Lipinski definition) is 5. The predicted octanol–water partition coefficient (Wildman–Crippen LogP) is 6.19. The van der Waals surface area contributed by atoms with Gasteiger partial charge >= 0.3 is 12.1 Å². The van der Waals surface area contributed by atoms with Gasteiger partial charge in [-0.15, -0.1) is 0 Å². The van der Waals surface area contributed by atoms with Crippen LogP contribution < -0.4 is 10.6 Å². The number of nitrogens with one attached hydrogen (secondary N) is 2. The Morgan fingerprint density at radius 1 is 0.829 bits per heavy atom. The van der Waals surface area contributed by atoms with Gasteiger partial charge in [-0.2, -0.15) is 0 Å². The quantitative estimate of drug-likeness (QED) is 0.371. The summed E-state index contributed by atoms with van der Waals surface area (Å²) in [6, 6.07) is 0.617. The topological polar surface area (TPSA) is 96.9 Å². The van der Waals surface area contributed by atoms with Crippen molar-refractivity contribution in [2.75, 3.05) is 6.61 Å². The average Bonchev–Trinajstić information content (AvgIpc) is 2.82. The second kappa shape index (κ2) is 15.7. The fourth-order valence-electron chi connectivity index (χ4n) is 5.59. The molecule has 3 saturated carbocycles. The zero-order valence-electron chi connectivity index (χ0n) is 22.8. The second-order valence-electron chi connectivity index (χ2n) is 11.8. The van der Waals surface area contributed by atoms with Gasteiger partial charge < -0.3 is 25.2 Å². The lowest BCUT2D eigenvalue weighted by Crippen LogP contribution is -2.50. The Hall–Kier alpha value is -1.34. The van der Waals surface area contributed by atoms with Crippen LogP contribution >= 0.6 is 0 Å². The van der Waals surface area contributed by atoms with Crippen molar-refractivity contribution in [1.82, 2.24) is 10.6 Å². The third-order valence-electron chi connectivity index (χ3n) is 7.40. The van der Waals surface area contributed by atoms with E-state index in [1.54, 1.807) is 6.92 Å². The first kappa shape index (κ1) is 29.9. The van der Waals surface area contributed by atoms with Crippen LogP contribution in [-0.4, -0.2) is 53.6 Å². The molecule has 3 aliphatic rings. The average molecular weight is 497 g/mol. The Kier molecular flexibility index (Phi) is 13.4. The molecular weight excluding hydrogens is 444 g/mol. The summed E-state index contributed by atoms with van der Waals surface area (Å²) in [5.74, 6) is -0.739. The van der Waals surface area contributed by atoms with Crippen molar-refractivity contribution in [3.8, 4) is 0 Å². The number of rotatable bonds is 8. The van der Waals surface area contributed by atoms with Gasteiger partial charge in [-0.3, -0.25) is 0 Å². The Bertz CT molecular complexity index is 587. The highest BCUT2D eigenvalue weighted by Crippen LogP contribution is 2.24. The van der Waals surface area contributed by atoms with Crippen LogP contribution in [0.3, 0.4) is 0 Å². The molecule has 7 nitrogen and oxygen atoms in total. The molecule has 3 rings (SSSR count). The summed E-state index contributed by atoms with van der Waals surface area (Å²) >= 11 is 0. The standard InChI is InChI=1S/C16H29NO5.C12H23N/c1-11(22-16(2,3)4)13(14(18)19)17-15(20)21-10-12-8-6-5-7-9-12;1-3-7-11(8-4-1)13-12-9-5-2-6-10-12/h11-13H,5-10H2,1-4H3,(H,17,20)(H,18,19);11-13H,1-10H2. The molecule has 3 N–H and O–H groups in total. The number of ether oxygens (including phenoxy) is 2. The van der Waals surface area contributed by atoms with Crippen molar-refractivity contribution in [2.45, 2.75) is 154 Å². The molecule has 2 atom stereocenters. The summed E-state index contributed by atoms with van der Waals surface area (Å²) in [5.41, 5.74) is -0.485. The van der Waals surface area contributed by atoms with E-state index in [-0.39, 0.29) is 0 Å². The summed E-state index contributed by atoms with van der Waals surface area (Å²) in [4.78, 5) is 23.1. The summed E-state index contributed by atoms with van der Waals surface area (Å²) < 4.78 is 10.8. The van der Waals surface area contributed by atoms with Crippen molar-refractivity contribution >= 4 is 12.1 Å². The summed E-state index contributed by atoms with van der Waals surface area (Å²) in [6.07, 6.45) is 18.9. The lowest BCUT2D eigenvalue weighted by molar-refractivity contribution is -0.147. The summed E-state index contributed by atoms with van der Waals surface area (Å²) in [5, 5.41) is 15.5. The minimum atomic E-state index is -1.13. The van der Waals surface area contributed by atoms with E-state index in [9.17, 15) is 14.7 Å². The number of carbonyl (C=O) groups excluding carboxylic acids is 1. The SMILES string of the molecule is C1CCC(NC2CCCCC2)CC1.CC(OC(C)(C)C)C(NC(=O)OCC1CCCCC1)C(=O)O. The number of hydrogen-bond donors (Lipinski definition) is 3. The minimum absolute atomic E-state index is 0.354. The van der Waals surface area contributed by atoms with Gasteiger partial charge in [0.1, 0.15) is 0 Å². The minimum Gasteiger partial charge on any atom is -0.480 e. The van der Waals surface area contributed by atoms with Gasteiger partial charge in [-0.1, -0.05) is 57.8 Å². The molecule has 2 unspecified atom stereocenters. The van der Waals surface area contributed by atoms with E-state index in [1.165, 1.54) is 83.5 Å². The number of aliphatic carboxylic acids is 1. The first-order valence-corrected chi connectivity index (χ1v) is 14.2. The maximum atomic E-state index is 11.8. The van der Waals surface area contributed by atoms with Crippen molar-refractivity contribution in [1.29, 1.82) is 0 Å². The summed E-state index contributed by atoms with van der Waals surface area (Å²) in [7, 11) is 0. The second-order valence-corrected chi connectivity index (χ2v) is 11.8. The maximum Gasteiger partial charge on any atom is 0.407 e. The lowest BCUT2D eigenvalue weighted by atomic mass is 9.90. The highest BCUT2D eigenvalue weighted by atomic mass is 16.6. The molecule has 7 heteroatoms. The molecule has 0 aromatic rings. The van der Waals surface area contributed by atoms with E-state index >= 15 is 0 Å². The Balaban J connectivity index is 0.000000279. The predicted molar refractivity (Wildman–Crippen MR) is 140 cm³/mol. The van der Waals surface area contributed by atoms with Crippen molar-refractivity contribution in [3.63, 3.8) is 0 Å². The van der Waals surface area contributed by atoms with Gasteiger partial charge in [-0.25, -0.2) is 9.59 Å². The number of alkyl carbamates (subject to hydrolysis) is 1. The van der Waals surface area contributed by atoms with Crippen LogP contribution in [0.4, 0.5) is 4.79 Å². The van der Waals surface area contributed by atoms with Gasteiger partial charge in [0.2, 0.25) is 0 Å². The van der Waals surface area contributed by atoms with Gasteiger partial charge in [0, 0.05) is 12.1 Å². The highest BCUT2D eigenvalue weighted by molar-refractivity contribution is 5.80. The van der Waals surface area contributed by atoms with Gasteiger partial charge in [0.15, 0.2) is 6.04 Å². The normalized spacial score (nSPS) is 22.4. The molecule has 0 aromatic heterocycles. The van der Waals surface area contributed by atoms with E-state index in [1.807, 2.05) is 20.8 Å². The molecule has 0 bridgehead atoms. The summed E-state index contributed by atoms with van der Waals surface area (Å²) in [6.45, 7) is 7.50. The largest absolute Gasteiger partial charge is 0.480 e. The Labute approximate surface area is 213 Å². The highest BCUT2D eigenvalue weighted by Gasteiger charge is 2.31. The molecule has 35 heavy (non-hydrogen) atoms. The first-order valence-electron chi connectivity index (χ1n) is 14.2. The van der Waals surface area contributed by atoms with Crippen LogP contribution in [0.15, 0.2) is 0 Å². The third kappa shape index (κ3) is 13.0. The molecule has 0 aromatic carbocycles. The number of amides is 1. The van der Waals surface area contributed by atoms with Crippen molar-refractivity contribution < 1.29 is 24.2 Å². The zero-order chi connectivity index (χ0) is 25.7. The van der Waals surface area contributed by atoms with Crippen molar-refractivity contribution in [2.24, 2.45) is 5.92 Å². The lowest BCUT2D eigenvalue weighted by Gasteiger charge is -2.30. The van der Waals surface area contributed by atoms with E-state index in [4.69, 9.17) is 9.47 Å². The van der Waals surface area contributed by atoms with Crippen LogP contribution in [0.25, 0.3) is 0 Å². The number of carboxylic acids is 1. The van der Waals surface area contributed by atoms with E-state index in [2.05, 4.69) is 10.6 Å². The Morgan fingerprint density at radius 3 is 1.71 bits per heavy atom. The molecule has 3 aliphatic carbocycles. The smallest absolute Gasteiger partial charge is 0.407 e. The van der Waals surface area contributed by atoms with E-state index < -0.39 is 29.8 Å². The van der Waals surface area contributed by atoms with Crippen LogP contribution in [0, 0.1) is 5.92 Å². The first-order chi connectivity index (χ1) is 16.6. The molecule has 0 saturated heterocycles. The number of carboxylic acid groups (broad SMARTS) is 1. The maximum absolute atomic E-state index is 11.8.